The molecule has 1 aromatic carbocycles. The van der Waals surface area contributed by atoms with Gasteiger partial charge in [-0.1, -0.05) is 6.07 Å². The maximum Gasteiger partial charge on any atom is 0.192 e. The van der Waals surface area contributed by atoms with E-state index in [4.69, 9.17) is 32.0 Å². The van der Waals surface area contributed by atoms with Crippen LogP contribution in [0.1, 0.15) is 25.1 Å². The van der Waals surface area contributed by atoms with Gasteiger partial charge in [-0.2, -0.15) is 4.99 Å². The van der Waals surface area contributed by atoms with E-state index in [2.05, 4.69) is 15.0 Å². The van der Waals surface area contributed by atoms with E-state index in [0.717, 1.165) is 22.5 Å². The molecule has 164 valence electrons. The predicted octanol–water partition coefficient (Wildman–Crippen LogP) is 0.734. The number of benzene rings is 1. The first-order valence-electron chi connectivity index (χ1n) is 9.98. The number of nitrogens with zero attached hydrogens (tertiary/aromatic N) is 5. The van der Waals surface area contributed by atoms with Crippen molar-refractivity contribution in [1.29, 1.82) is 0 Å². The van der Waals surface area contributed by atoms with Gasteiger partial charge in [0.25, 0.3) is 0 Å². The fraction of sp³-hybridized carbons (Fsp3) is 0.333. The maximum atomic E-state index is 8.92. The lowest BCUT2D eigenvalue weighted by Crippen LogP contribution is -2.24. The van der Waals surface area contributed by atoms with Crippen LogP contribution in [0, 0.1) is 0 Å². The number of amidine groups is 1. The van der Waals surface area contributed by atoms with Crippen LogP contribution in [0.15, 0.2) is 45.6 Å². The molecule has 0 saturated carbocycles. The fourth-order valence-corrected chi connectivity index (χ4v) is 3.12. The zero-order valence-corrected chi connectivity index (χ0v) is 17.7. The van der Waals surface area contributed by atoms with Crippen LogP contribution < -0.4 is 21.9 Å². The maximum absolute atomic E-state index is 8.92. The molecule has 0 bridgehead atoms. The minimum Gasteiger partial charge on any atom is -0.491 e. The highest BCUT2D eigenvalue weighted by Crippen LogP contribution is 2.34. The van der Waals surface area contributed by atoms with Crippen LogP contribution >= 0.6 is 0 Å². The zero-order chi connectivity index (χ0) is 22.4. The molecular weight excluding hydrogens is 396 g/mol. The van der Waals surface area contributed by atoms with Gasteiger partial charge in [-0.25, -0.2) is 4.98 Å². The monoisotopic (exact) mass is 424 g/mol. The van der Waals surface area contributed by atoms with E-state index in [1.54, 1.807) is 6.21 Å². The normalized spacial score (nSPS) is 14.2. The first-order chi connectivity index (χ1) is 14.9. The molecule has 0 unspecified atom stereocenters. The Bertz CT molecular complexity index is 1050. The second-order valence-corrected chi connectivity index (χ2v) is 7.17. The van der Waals surface area contributed by atoms with Gasteiger partial charge in [-0.3, -0.25) is 9.98 Å². The number of imidazole rings is 1. The number of hydrogen-bond donors (Lipinski definition) is 4. The molecule has 3 rings (SSSR count). The third-order valence-corrected chi connectivity index (χ3v) is 4.41. The summed E-state index contributed by atoms with van der Waals surface area (Å²) in [5.74, 6) is 1.75. The molecule has 31 heavy (non-hydrogen) atoms. The van der Waals surface area contributed by atoms with Gasteiger partial charge in [-0.05, 0) is 31.5 Å². The number of fused-ring (bicyclic) bond motifs is 3. The number of ether oxygens (including phenoxy) is 1. The Kier molecular flexibility index (Phi) is 7.03. The van der Waals surface area contributed by atoms with Gasteiger partial charge in [0.2, 0.25) is 0 Å². The van der Waals surface area contributed by atoms with E-state index in [-0.39, 0.29) is 18.6 Å². The molecule has 10 heteroatoms. The van der Waals surface area contributed by atoms with Crippen LogP contribution in [0.5, 0.6) is 5.75 Å². The van der Waals surface area contributed by atoms with E-state index in [9.17, 15) is 0 Å². The Balaban J connectivity index is 2.02. The number of aliphatic imine (C=N–C) groups is 3. The highest BCUT2D eigenvalue weighted by atomic mass is 16.5. The predicted molar refractivity (Wildman–Crippen MR) is 123 cm³/mol. The standard InChI is InChI=1S/C21H28N8O2/c1-13(2)26-19(28-21(23)24)17-12-29-6-8-31-18-9-14(3-4-16(18)20(29)27-17)15(10-22)11-25-5-7-30/h3-4,9-13,30H,5-8,22H2,1-2H3,(H4,23,24,26,28). The zero-order valence-electron chi connectivity index (χ0n) is 17.7. The number of aromatic nitrogens is 2. The van der Waals surface area contributed by atoms with Gasteiger partial charge in [0.15, 0.2) is 11.8 Å². The van der Waals surface area contributed by atoms with Crippen LogP contribution in [0.25, 0.3) is 17.0 Å². The van der Waals surface area contributed by atoms with Crippen molar-refractivity contribution < 1.29 is 9.84 Å². The average molecular weight is 425 g/mol. The first kappa shape index (κ1) is 22.0. The molecular formula is C21H28N8O2. The van der Waals surface area contributed by atoms with Crippen LogP contribution in [-0.4, -0.2) is 58.5 Å². The van der Waals surface area contributed by atoms with E-state index >= 15 is 0 Å². The second-order valence-electron chi connectivity index (χ2n) is 7.17. The van der Waals surface area contributed by atoms with E-state index in [1.165, 1.54) is 6.20 Å². The molecule has 1 aromatic heterocycles. The SMILES string of the molecule is CC(C)N=C(N=C(N)N)c1cn2c(n1)-c1ccc(C(C=NCCO)=CN)cc1OCC2. The van der Waals surface area contributed by atoms with Crippen molar-refractivity contribution in [3.05, 3.63) is 41.9 Å². The van der Waals surface area contributed by atoms with Crippen molar-refractivity contribution in [2.24, 2.45) is 32.2 Å². The van der Waals surface area contributed by atoms with E-state index < -0.39 is 0 Å². The Morgan fingerprint density at radius 2 is 2.16 bits per heavy atom. The quantitative estimate of drug-likeness (QED) is 0.395. The van der Waals surface area contributed by atoms with E-state index in [0.29, 0.717) is 37.0 Å². The number of guanidine groups is 1. The summed E-state index contributed by atoms with van der Waals surface area (Å²) in [6.45, 7) is 5.27. The summed E-state index contributed by atoms with van der Waals surface area (Å²) in [5, 5.41) is 8.92. The second kappa shape index (κ2) is 9.90. The molecule has 1 aliphatic heterocycles. The fourth-order valence-electron chi connectivity index (χ4n) is 3.12. The van der Waals surface area contributed by atoms with Crippen LogP contribution in [0.2, 0.25) is 0 Å². The van der Waals surface area contributed by atoms with Crippen LogP contribution in [-0.2, 0) is 6.54 Å². The van der Waals surface area contributed by atoms with Gasteiger partial charge in [0, 0.05) is 30.2 Å². The van der Waals surface area contributed by atoms with Gasteiger partial charge >= 0.3 is 0 Å². The topological polar surface area (TPSA) is 162 Å². The molecule has 7 N–H and O–H groups in total. The molecule has 0 aliphatic carbocycles. The largest absolute Gasteiger partial charge is 0.491 e. The van der Waals surface area contributed by atoms with Gasteiger partial charge in [-0.15, -0.1) is 0 Å². The highest BCUT2D eigenvalue weighted by molar-refractivity contribution is 6.10. The van der Waals surface area contributed by atoms with Crippen LogP contribution in [0.4, 0.5) is 0 Å². The summed E-state index contributed by atoms with van der Waals surface area (Å²) >= 11 is 0. The van der Waals surface area contributed by atoms with Crippen molar-refractivity contribution in [3.8, 4) is 17.1 Å². The number of hydrogen-bond acceptors (Lipinski definition) is 6. The first-order valence-corrected chi connectivity index (χ1v) is 9.98. The van der Waals surface area contributed by atoms with Crippen molar-refractivity contribution in [2.45, 2.75) is 26.4 Å². The van der Waals surface area contributed by atoms with Gasteiger partial charge in [0.1, 0.15) is 23.9 Å². The summed E-state index contributed by atoms with van der Waals surface area (Å²) < 4.78 is 7.97. The molecule has 0 fully saturated rings. The molecule has 1 aliphatic rings. The Labute approximate surface area is 180 Å². The molecule has 0 radical (unpaired) electrons. The summed E-state index contributed by atoms with van der Waals surface area (Å²) in [5.41, 5.74) is 19.9. The Morgan fingerprint density at radius 1 is 1.35 bits per heavy atom. The van der Waals surface area contributed by atoms with Crippen molar-refractivity contribution in [3.63, 3.8) is 0 Å². The molecule has 0 spiro atoms. The summed E-state index contributed by atoms with van der Waals surface area (Å²) in [4.78, 5) is 17.6. The summed E-state index contributed by atoms with van der Waals surface area (Å²) in [6, 6.07) is 5.77. The lowest BCUT2D eigenvalue weighted by atomic mass is 10.0. The third-order valence-electron chi connectivity index (χ3n) is 4.41. The van der Waals surface area contributed by atoms with Crippen molar-refractivity contribution in [2.75, 3.05) is 19.8 Å². The molecule has 2 heterocycles. The van der Waals surface area contributed by atoms with Gasteiger partial charge in [0.05, 0.1) is 25.3 Å². The van der Waals surface area contributed by atoms with Crippen LogP contribution in [0.3, 0.4) is 0 Å². The van der Waals surface area contributed by atoms with Crippen molar-refractivity contribution >= 4 is 23.6 Å². The molecule has 0 saturated heterocycles. The third kappa shape index (κ3) is 5.28. The minimum atomic E-state index is -0.0695. The summed E-state index contributed by atoms with van der Waals surface area (Å²) in [7, 11) is 0. The number of rotatable bonds is 6. The van der Waals surface area contributed by atoms with Gasteiger partial charge < -0.3 is 31.6 Å². The number of allylic oxidation sites excluding steroid dienone is 1. The minimum absolute atomic E-state index is 0.00625. The lowest BCUT2D eigenvalue weighted by Gasteiger charge is -2.09. The highest BCUT2D eigenvalue weighted by Gasteiger charge is 2.21. The number of aliphatic hydroxyl groups excluding tert-OH is 1. The van der Waals surface area contributed by atoms with Crippen molar-refractivity contribution in [1.82, 2.24) is 9.55 Å². The average Bonchev–Trinajstić information content (AvgIpc) is 3.06. The molecule has 0 atom stereocenters. The molecule has 2 aromatic rings. The Hall–Kier alpha value is -3.66. The molecule has 0 amide bonds. The summed E-state index contributed by atoms with van der Waals surface area (Å²) in [6.07, 6.45) is 4.99. The Morgan fingerprint density at radius 3 is 2.84 bits per heavy atom. The van der Waals surface area contributed by atoms with E-state index in [1.807, 2.05) is 42.8 Å². The smallest absolute Gasteiger partial charge is 0.192 e. The number of aliphatic hydroxyl groups is 1. The molecule has 10 nitrogen and oxygen atoms in total. The lowest BCUT2D eigenvalue weighted by molar-refractivity contribution is 0.306. The number of nitrogens with two attached hydrogens (primary N) is 3.